The molecule has 0 fully saturated rings. The number of benzene rings is 4. The van der Waals surface area contributed by atoms with Gasteiger partial charge in [-0.1, -0.05) is 66.7 Å². The van der Waals surface area contributed by atoms with Gasteiger partial charge in [-0.15, -0.1) is 10.2 Å². The summed E-state index contributed by atoms with van der Waals surface area (Å²) in [5.41, 5.74) is 3.56. The van der Waals surface area contributed by atoms with Crippen LogP contribution >= 0.6 is 0 Å². The van der Waals surface area contributed by atoms with Crippen molar-refractivity contribution in [2.45, 2.75) is 17.7 Å². The van der Waals surface area contributed by atoms with Crippen LogP contribution in [0.25, 0.3) is 27.5 Å². The molecule has 0 saturated carbocycles. The SMILES string of the molecule is O=S(=O)(O)c1cc(-n2nc3ccc4ccccc4c3n2)ccc1CCc1ccccc1.[H-].[Na+]. The first-order valence-electron chi connectivity index (χ1n) is 9.88. The molecule has 0 spiro atoms. The zero-order chi connectivity index (χ0) is 21.4. The first-order valence-corrected chi connectivity index (χ1v) is 11.3. The number of hydrogen-bond donors (Lipinski definition) is 1. The van der Waals surface area contributed by atoms with E-state index in [4.69, 9.17) is 0 Å². The number of aromatic nitrogens is 3. The van der Waals surface area contributed by atoms with Crippen molar-refractivity contribution >= 4 is 31.9 Å². The second-order valence-electron chi connectivity index (χ2n) is 7.40. The summed E-state index contributed by atoms with van der Waals surface area (Å²) in [6.07, 6.45) is 1.15. The van der Waals surface area contributed by atoms with Crippen LogP contribution in [0, 0.1) is 0 Å². The summed E-state index contributed by atoms with van der Waals surface area (Å²) < 4.78 is 34.0. The van der Waals surface area contributed by atoms with Crippen molar-refractivity contribution in [3.63, 3.8) is 0 Å². The fourth-order valence-electron chi connectivity index (χ4n) is 3.80. The molecule has 32 heavy (non-hydrogen) atoms. The molecule has 5 aromatic rings. The van der Waals surface area contributed by atoms with Gasteiger partial charge in [0.1, 0.15) is 11.0 Å². The summed E-state index contributed by atoms with van der Waals surface area (Å²) in [5.74, 6) is 0. The van der Waals surface area contributed by atoms with Crippen LogP contribution in [0.2, 0.25) is 0 Å². The zero-order valence-electron chi connectivity index (χ0n) is 18.5. The monoisotopic (exact) mass is 453 g/mol. The molecule has 1 N–H and O–H groups in total. The minimum Gasteiger partial charge on any atom is -1.00 e. The van der Waals surface area contributed by atoms with Crippen molar-refractivity contribution in [1.82, 2.24) is 15.0 Å². The Bertz CT molecular complexity index is 1520. The number of rotatable bonds is 5. The van der Waals surface area contributed by atoms with E-state index in [-0.39, 0.29) is 35.9 Å². The fourth-order valence-corrected chi connectivity index (χ4v) is 4.57. The Kier molecular flexibility index (Phi) is 6.46. The van der Waals surface area contributed by atoms with Crippen LogP contribution in [-0.2, 0) is 23.0 Å². The number of hydrogen-bond acceptors (Lipinski definition) is 4. The van der Waals surface area contributed by atoms with Gasteiger partial charge in [-0.3, -0.25) is 4.55 Å². The predicted octanol–water partition coefficient (Wildman–Crippen LogP) is 1.72. The minimum atomic E-state index is -4.40. The fraction of sp³-hybridized carbons (Fsp3) is 0.0833. The van der Waals surface area contributed by atoms with E-state index in [0.717, 1.165) is 21.9 Å². The van der Waals surface area contributed by atoms with Crippen molar-refractivity contribution in [1.29, 1.82) is 0 Å². The average Bonchev–Trinajstić information content (AvgIpc) is 3.23. The molecule has 4 aromatic carbocycles. The van der Waals surface area contributed by atoms with Gasteiger partial charge in [0.15, 0.2) is 0 Å². The summed E-state index contributed by atoms with van der Waals surface area (Å²) in [7, 11) is -4.40. The third-order valence-electron chi connectivity index (χ3n) is 5.36. The van der Waals surface area contributed by atoms with Gasteiger partial charge < -0.3 is 1.43 Å². The molecule has 156 valence electrons. The summed E-state index contributed by atoms with van der Waals surface area (Å²) >= 11 is 0. The maximum Gasteiger partial charge on any atom is 1.00 e. The van der Waals surface area contributed by atoms with E-state index in [9.17, 15) is 13.0 Å². The van der Waals surface area contributed by atoms with Crippen molar-refractivity contribution in [3.05, 3.63) is 96.1 Å². The molecule has 1 heterocycles. The summed E-state index contributed by atoms with van der Waals surface area (Å²) in [6.45, 7) is 0. The number of fused-ring (bicyclic) bond motifs is 3. The van der Waals surface area contributed by atoms with Gasteiger partial charge in [0.05, 0.1) is 10.6 Å². The normalized spacial score (nSPS) is 11.5. The first-order chi connectivity index (χ1) is 15.0. The summed E-state index contributed by atoms with van der Waals surface area (Å²) in [6, 6.07) is 26.5. The predicted molar refractivity (Wildman–Crippen MR) is 121 cm³/mol. The third-order valence-corrected chi connectivity index (χ3v) is 6.30. The maximum atomic E-state index is 12.1. The Morgan fingerprint density at radius 1 is 0.844 bits per heavy atom. The minimum absolute atomic E-state index is 0. The third kappa shape index (κ3) is 4.48. The molecule has 5 rings (SSSR count). The molecular weight excluding hydrogens is 433 g/mol. The summed E-state index contributed by atoms with van der Waals surface area (Å²) in [5, 5.41) is 11.1. The Labute approximate surface area is 209 Å². The van der Waals surface area contributed by atoms with Crippen LogP contribution in [0.3, 0.4) is 0 Å². The molecule has 0 unspecified atom stereocenters. The molecule has 0 saturated heterocycles. The average molecular weight is 453 g/mol. The van der Waals surface area contributed by atoms with Gasteiger partial charge in [0.2, 0.25) is 0 Å². The van der Waals surface area contributed by atoms with Crippen LogP contribution in [0.5, 0.6) is 0 Å². The van der Waals surface area contributed by atoms with Crippen molar-refractivity contribution in [3.8, 4) is 5.69 Å². The van der Waals surface area contributed by atoms with Gasteiger partial charge in [-0.05, 0) is 47.6 Å². The van der Waals surface area contributed by atoms with E-state index in [2.05, 4.69) is 10.2 Å². The molecule has 0 aliphatic carbocycles. The van der Waals surface area contributed by atoms with E-state index in [1.54, 1.807) is 12.1 Å². The van der Waals surface area contributed by atoms with Gasteiger partial charge in [-0.25, -0.2) is 0 Å². The molecule has 8 heteroatoms. The van der Waals surface area contributed by atoms with Gasteiger partial charge >= 0.3 is 29.6 Å². The standard InChI is InChI=1S/C24H19N3O3S.Na.H/c28-31(29,30)23-16-20(14-12-19(23)11-10-17-6-2-1-3-7-17)27-25-22-15-13-18-8-4-5-9-21(18)24(22)26-27;;/h1-9,12-16H,10-11H2,(H,28,29,30);;/q;+1;-1. The smallest absolute Gasteiger partial charge is 1.00 e. The Balaban J connectivity index is 0.00000153. The van der Waals surface area contributed by atoms with Crippen molar-refractivity contribution in [2.75, 3.05) is 0 Å². The van der Waals surface area contributed by atoms with E-state index >= 15 is 0 Å². The van der Waals surface area contributed by atoms with Gasteiger partial charge in [0, 0.05) is 5.39 Å². The Morgan fingerprint density at radius 2 is 1.59 bits per heavy atom. The quantitative estimate of drug-likeness (QED) is 0.324. The molecule has 0 bridgehead atoms. The van der Waals surface area contributed by atoms with Crippen LogP contribution in [-0.4, -0.2) is 28.0 Å². The molecule has 0 atom stereocenters. The maximum absolute atomic E-state index is 12.1. The second kappa shape index (κ2) is 9.13. The van der Waals surface area contributed by atoms with Crippen molar-refractivity contribution in [2.24, 2.45) is 0 Å². The first kappa shape index (κ1) is 22.6. The number of nitrogens with zero attached hydrogens (tertiary/aromatic N) is 3. The number of aryl methyl sites for hydroxylation is 2. The van der Waals surface area contributed by atoms with Crippen LogP contribution in [0.1, 0.15) is 12.6 Å². The Hall–Kier alpha value is -2.55. The molecule has 0 radical (unpaired) electrons. The second-order valence-corrected chi connectivity index (χ2v) is 8.79. The van der Waals surface area contributed by atoms with Crippen LogP contribution in [0.4, 0.5) is 0 Å². The van der Waals surface area contributed by atoms with Gasteiger partial charge in [0.25, 0.3) is 10.1 Å². The van der Waals surface area contributed by atoms with Crippen LogP contribution < -0.4 is 29.6 Å². The van der Waals surface area contributed by atoms with E-state index in [1.165, 1.54) is 10.9 Å². The summed E-state index contributed by atoms with van der Waals surface area (Å²) in [4.78, 5) is 1.29. The molecular formula is C24H20N3NaO3S. The molecule has 0 aliphatic heterocycles. The zero-order valence-corrected chi connectivity index (χ0v) is 20.3. The van der Waals surface area contributed by atoms with E-state index < -0.39 is 10.1 Å². The molecule has 0 amide bonds. The van der Waals surface area contributed by atoms with Gasteiger partial charge in [-0.2, -0.15) is 13.2 Å². The molecule has 6 nitrogen and oxygen atoms in total. The topological polar surface area (TPSA) is 85.1 Å². The van der Waals surface area contributed by atoms with Crippen molar-refractivity contribution < 1.29 is 44.0 Å². The Morgan fingerprint density at radius 3 is 2.38 bits per heavy atom. The van der Waals surface area contributed by atoms with Crippen LogP contribution in [0.15, 0.2) is 89.8 Å². The van der Waals surface area contributed by atoms with E-state index in [1.807, 2.05) is 66.7 Å². The molecule has 1 aromatic heterocycles. The largest absolute Gasteiger partial charge is 1.00 e. The molecule has 0 aliphatic rings. The van der Waals surface area contributed by atoms with E-state index in [0.29, 0.717) is 29.6 Å².